The normalized spacial score (nSPS) is 13.9. The molecule has 1 N–H and O–H groups in total. The first-order valence-corrected chi connectivity index (χ1v) is 7.89. The van der Waals surface area contributed by atoms with Crippen molar-refractivity contribution in [1.82, 2.24) is 10.2 Å². The molecule has 2 heteroatoms. The van der Waals surface area contributed by atoms with Crippen LogP contribution in [0.15, 0.2) is 0 Å². The summed E-state index contributed by atoms with van der Waals surface area (Å²) in [4.78, 5) is 2.64. The zero-order chi connectivity index (χ0) is 15.3. The maximum Gasteiger partial charge on any atom is 0.00967 e. The van der Waals surface area contributed by atoms with Gasteiger partial charge in [0.15, 0.2) is 0 Å². The van der Waals surface area contributed by atoms with Crippen molar-refractivity contribution >= 4 is 0 Å². The third-order valence-corrected chi connectivity index (χ3v) is 3.00. The summed E-state index contributed by atoms with van der Waals surface area (Å²) in [5.74, 6) is 1.48. The molecule has 0 aliphatic carbocycles. The van der Waals surface area contributed by atoms with Crippen LogP contribution in [-0.4, -0.2) is 36.6 Å². The molecular formula is C17H38N2. The Labute approximate surface area is 122 Å². The average molecular weight is 271 g/mol. The van der Waals surface area contributed by atoms with E-state index < -0.39 is 0 Å². The highest BCUT2D eigenvalue weighted by molar-refractivity contribution is 4.81. The topological polar surface area (TPSA) is 15.3 Å². The Kier molecular flexibility index (Phi) is 7.60. The van der Waals surface area contributed by atoms with Gasteiger partial charge in [0.25, 0.3) is 0 Å². The van der Waals surface area contributed by atoms with E-state index in [9.17, 15) is 0 Å². The highest BCUT2D eigenvalue weighted by Gasteiger charge is 2.24. The molecule has 0 fully saturated rings. The van der Waals surface area contributed by atoms with Crippen LogP contribution in [0.4, 0.5) is 0 Å². The SMILES string of the molecule is CC(C)CN(CC(C)C)CC(C)(C)CNC(C)(C)C. The first-order valence-electron chi connectivity index (χ1n) is 7.89. The van der Waals surface area contributed by atoms with Gasteiger partial charge in [0, 0.05) is 31.7 Å². The minimum atomic E-state index is 0.207. The predicted octanol–water partition coefficient (Wildman–Crippen LogP) is 4.01. The van der Waals surface area contributed by atoms with Crippen molar-refractivity contribution in [2.45, 2.75) is 67.9 Å². The van der Waals surface area contributed by atoms with Gasteiger partial charge < -0.3 is 10.2 Å². The molecule has 0 amide bonds. The monoisotopic (exact) mass is 270 g/mol. The summed E-state index contributed by atoms with van der Waals surface area (Å²) in [6.07, 6.45) is 0. The maximum absolute atomic E-state index is 3.65. The second kappa shape index (κ2) is 7.64. The minimum Gasteiger partial charge on any atom is -0.311 e. The van der Waals surface area contributed by atoms with Crippen LogP contribution < -0.4 is 5.32 Å². The number of nitrogens with zero attached hydrogens (tertiary/aromatic N) is 1. The lowest BCUT2D eigenvalue weighted by atomic mass is 9.90. The summed E-state index contributed by atoms with van der Waals surface area (Å²) in [7, 11) is 0. The van der Waals surface area contributed by atoms with Crippen molar-refractivity contribution in [2.24, 2.45) is 17.3 Å². The summed E-state index contributed by atoms with van der Waals surface area (Å²) >= 11 is 0. The van der Waals surface area contributed by atoms with Gasteiger partial charge in [0.1, 0.15) is 0 Å². The molecule has 0 saturated carbocycles. The van der Waals surface area contributed by atoms with Crippen molar-refractivity contribution in [1.29, 1.82) is 0 Å². The number of rotatable bonds is 8. The van der Waals surface area contributed by atoms with Crippen LogP contribution in [0.2, 0.25) is 0 Å². The van der Waals surface area contributed by atoms with Crippen molar-refractivity contribution in [3.05, 3.63) is 0 Å². The van der Waals surface area contributed by atoms with Crippen molar-refractivity contribution in [2.75, 3.05) is 26.2 Å². The van der Waals surface area contributed by atoms with E-state index in [2.05, 4.69) is 72.5 Å². The van der Waals surface area contributed by atoms with Crippen molar-refractivity contribution < 1.29 is 0 Å². The van der Waals surface area contributed by atoms with Crippen molar-refractivity contribution in [3.8, 4) is 0 Å². The molecule has 19 heavy (non-hydrogen) atoms. The standard InChI is InChI=1S/C17H38N2/c1-14(2)10-19(11-15(3)4)13-17(8,9)12-18-16(5,6)7/h14-15,18H,10-13H2,1-9H3. The molecule has 0 saturated heterocycles. The first kappa shape index (κ1) is 18.9. The second-order valence-electron chi connectivity index (χ2n) is 8.75. The Hall–Kier alpha value is -0.0800. The van der Waals surface area contributed by atoms with Gasteiger partial charge in [-0.25, -0.2) is 0 Å². The molecule has 0 unspecified atom stereocenters. The molecule has 0 radical (unpaired) electrons. The summed E-state index contributed by atoms with van der Waals surface area (Å²) in [5, 5.41) is 3.65. The average Bonchev–Trinajstić information content (AvgIpc) is 2.10. The maximum atomic E-state index is 3.65. The van der Waals surface area contributed by atoms with E-state index in [1.165, 1.54) is 19.6 Å². The molecule has 0 spiro atoms. The molecule has 116 valence electrons. The minimum absolute atomic E-state index is 0.207. The van der Waals surface area contributed by atoms with Gasteiger partial charge in [-0.3, -0.25) is 0 Å². The molecule has 0 aliphatic rings. The van der Waals surface area contributed by atoms with Gasteiger partial charge in [-0.1, -0.05) is 41.5 Å². The molecule has 2 nitrogen and oxygen atoms in total. The highest BCUT2D eigenvalue weighted by Crippen LogP contribution is 2.19. The summed E-state index contributed by atoms with van der Waals surface area (Å²) < 4.78 is 0. The van der Waals surface area contributed by atoms with Crippen LogP contribution in [0, 0.1) is 17.3 Å². The van der Waals surface area contributed by atoms with Gasteiger partial charge in [-0.15, -0.1) is 0 Å². The molecule has 0 aliphatic heterocycles. The Morgan fingerprint density at radius 3 is 1.58 bits per heavy atom. The number of hydrogen-bond acceptors (Lipinski definition) is 2. The molecular weight excluding hydrogens is 232 g/mol. The third-order valence-electron chi connectivity index (χ3n) is 3.00. The lowest BCUT2D eigenvalue weighted by molar-refractivity contribution is 0.139. The van der Waals surface area contributed by atoms with Crippen LogP contribution >= 0.6 is 0 Å². The van der Waals surface area contributed by atoms with E-state index in [1.807, 2.05) is 0 Å². The van der Waals surface area contributed by atoms with Crippen molar-refractivity contribution in [3.63, 3.8) is 0 Å². The number of nitrogens with one attached hydrogen (secondary N) is 1. The molecule has 0 aromatic carbocycles. The fourth-order valence-electron chi connectivity index (χ4n) is 2.40. The smallest absolute Gasteiger partial charge is 0.00967 e. The van der Waals surface area contributed by atoms with Gasteiger partial charge in [0.05, 0.1) is 0 Å². The highest BCUT2D eigenvalue weighted by atomic mass is 15.1. The van der Waals surface area contributed by atoms with E-state index in [0.717, 1.165) is 18.4 Å². The van der Waals surface area contributed by atoms with E-state index in [1.54, 1.807) is 0 Å². The third kappa shape index (κ3) is 11.4. The molecule has 0 aromatic heterocycles. The fourth-order valence-corrected chi connectivity index (χ4v) is 2.40. The zero-order valence-electron chi connectivity index (χ0n) is 14.9. The van der Waals surface area contributed by atoms with Crippen LogP contribution in [0.25, 0.3) is 0 Å². The first-order chi connectivity index (χ1) is 8.41. The van der Waals surface area contributed by atoms with Crippen LogP contribution in [0.1, 0.15) is 62.3 Å². The lowest BCUT2D eigenvalue weighted by Crippen LogP contribution is -2.47. The van der Waals surface area contributed by atoms with Crippen LogP contribution in [0.5, 0.6) is 0 Å². The summed E-state index contributed by atoms with van der Waals surface area (Å²) in [6, 6.07) is 0. The van der Waals surface area contributed by atoms with Gasteiger partial charge in [-0.05, 0) is 38.0 Å². The van der Waals surface area contributed by atoms with Gasteiger partial charge in [-0.2, -0.15) is 0 Å². The molecule has 0 aromatic rings. The van der Waals surface area contributed by atoms with E-state index in [0.29, 0.717) is 5.41 Å². The van der Waals surface area contributed by atoms with Gasteiger partial charge >= 0.3 is 0 Å². The molecule has 0 rings (SSSR count). The lowest BCUT2D eigenvalue weighted by Gasteiger charge is -2.36. The summed E-state index contributed by atoms with van der Waals surface area (Å²) in [5.41, 5.74) is 0.523. The largest absolute Gasteiger partial charge is 0.311 e. The van der Waals surface area contributed by atoms with Gasteiger partial charge in [0.2, 0.25) is 0 Å². The van der Waals surface area contributed by atoms with E-state index in [-0.39, 0.29) is 5.54 Å². The Morgan fingerprint density at radius 1 is 0.842 bits per heavy atom. The van der Waals surface area contributed by atoms with Crippen LogP contribution in [-0.2, 0) is 0 Å². The Bertz CT molecular complexity index is 226. The zero-order valence-corrected chi connectivity index (χ0v) is 14.9. The van der Waals surface area contributed by atoms with Crippen LogP contribution in [0.3, 0.4) is 0 Å². The molecule has 0 heterocycles. The quantitative estimate of drug-likeness (QED) is 0.717. The fraction of sp³-hybridized carbons (Fsp3) is 1.00. The molecule has 0 bridgehead atoms. The Morgan fingerprint density at radius 2 is 1.26 bits per heavy atom. The van der Waals surface area contributed by atoms with E-state index >= 15 is 0 Å². The molecule has 0 atom stereocenters. The Balaban J connectivity index is 4.44. The summed E-state index contributed by atoms with van der Waals surface area (Å²) in [6.45, 7) is 25.4. The second-order valence-corrected chi connectivity index (χ2v) is 8.75. The number of hydrogen-bond donors (Lipinski definition) is 1. The predicted molar refractivity (Wildman–Crippen MR) is 87.7 cm³/mol. The van der Waals surface area contributed by atoms with E-state index in [4.69, 9.17) is 0 Å².